The topological polar surface area (TPSA) is 95.2 Å². The van der Waals surface area contributed by atoms with Gasteiger partial charge in [0.2, 0.25) is 0 Å². The number of methoxy groups -OCH3 is 1. The summed E-state index contributed by atoms with van der Waals surface area (Å²) in [4.78, 5) is 12.0. The Bertz CT molecular complexity index is 555. The van der Waals surface area contributed by atoms with Gasteiger partial charge < -0.3 is 9.47 Å². The molecule has 6 nitrogen and oxygen atoms in total. The van der Waals surface area contributed by atoms with Crippen molar-refractivity contribution in [2.75, 3.05) is 13.7 Å². The van der Waals surface area contributed by atoms with Gasteiger partial charge in [0.15, 0.2) is 0 Å². The summed E-state index contributed by atoms with van der Waals surface area (Å²) in [6.07, 6.45) is 0.635. The molecular formula is C20H19O6Re. The van der Waals surface area contributed by atoms with E-state index in [1.807, 2.05) is 51.1 Å². The number of ether oxygens (including phenoxy) is 2. The molecule has 1 fully saturated rings. The Morgan fingerprint density at radius 2 is 1.44 bits per heavy atom. The van der Waals surface area contributed by atoms with E-state index in [2.05, 4.69) is 20.0 Å². The van der Waals surface area contributed by atoms with Crippen LogP contribution in [-0.4, -0.2) is 19.7 Å². The second-order valence-corrected chi connectivity index (χ2v) is 4.62. The summed E-state index contributed by atoms with van der Waals surface area (Å²) in [6.45, 7) is 19.8. The van der Waals surface area contributed by atoms with Gasteiger partial charge in [0.25, 0.3) is 0 Å². The summed E-state index contributed by atoms with van der Waals surface area (Å²) in [5.74, 6) is 3.12. The second-order valence-electron chi connectivity index (χ2n) is 4.62. The van der Waals surface area contributed by atoms with Crippen molar-refractivity contribution in [3.8, 4) is 0 Å². The third-order valence-corrected chi connectivity index (χ3v) is 3.43. The van der Waals surface area contributed by atoms with Crippen LogP contribution in [0.1, 0.15) is 26.3 Å². The maximum Gasteiger partial charge on any atom is 0 e. The van der Waals surface area contributed by atoms with Crippen LogP contribution in [0.4, 0.5) is 0 Å². The molecule has 1 saturated carbocycles. The molecule has 2 rings (SSSR count). The van der Waals surface area contributed by atoms with Gasteiger partial charge >= 0.3 is 39.9 Å². The zero-order valence-corrected chi connectivity index (χ0v) is 18.1. The number of hydrogen-bond acceptors (Lipinski definition) is 3. The SMILES string of the molecule is CCO[C]1[C](C)[C](c2ccccc2)[C](C)[C]1C(=O)OC.[C-]#[O+].[C-]#[O+].[C-]#[O+].[Re]. The number of benzene rings is 1. The molecule has 0 aromatic heterocycles. The van der Waals surface area contributed by atoms with E-state index in [-0.39, 0.29) is 26.4 Å². The Kier molecular flexibility index (Phi) is 20.1. The number of hydrogen-bond donors (Lipinski definition) is 0. The van der Waals surface area contributed by atoms with Gasteiger partial charge in [-0.2, -0.15) is 0 Å². The first-order chi connectivity index (χ1) is 12.6. The van der Waals surface area contributed by atoms with Gasteiger partial charge in [0.05, 0.1) is 7.11 Å². The van der Waals surface area contributed by atoms with Crippen LogP contribution < -0.4 is 0 Å². The average molecular weight is 542 g/mol. The fourth-order valence-electron chi connectivity index (χ4n) is 2.59. The van der Waals surface area contributed by atoms with Crippen molar-refractivity contribution in [2.45, 2.75) is 20.8 Å². The fourth-order valence-corrected chi connectivity index (χ4v) is 2.59. The van der Waals surface area contributed by atoms with Crippen LogP contribution in [0.25, 0.3) is 0 Å². The molecule has 1 aliphatic rings. The first kappa shape index (κ1) is 30.3. The van der Waals surface area contributed by atoms with E-state index >= 15 is 0 Å². The quantitative estimate of drug-likeness (QED) is 0.333. The van der Waals surface area contributed by atoms with E-state index in [1.54, 1.807) is 0 Å². The predicted molar refractivity (Wildman–Crippen MR) is 88.5 cm³/mol. The predicted octanol–water partition coefficient (Wildman–Crippen LogP) is 3.01. The maximum atomic E-state index is 12.0. The Hall–Kier alpha value is -1.47. The molecule has 0 spiro atoms. The fraction of sp³-hybridized carbons (Fsp3) is 0.250. The minimum Gasteiger partial charge on any atom is 0 e. The van der Waals surface area contributed by atoms with E-state index in [0.29, 0.717) is 18.6 Å². The summed E-state index contributed by atoms with van der Waals surface area (Å²) in [5.41, 5.74) is 1.08. The molecule has 7 heteroatoms. The summed E-state index contributed by atoms with van der Waals surface area (Å²) in [5, 5.41) is 0. The van der Waals surface area contributed by atoms with Crippen LogP contribution in [0.2, 0.25) is 0 Å². The number of carbonyl (C=O) groups excluding carboxylic acids is 1. The van der Waals surface area contributed by atoms with Gasteiger partial charge in [0, 0.05) is 44.8 Å². The second kappa shape index (κ2) is 17.9. The molecule has 27 heavy (non-hydrogen) atoms. The Morgan fingerprint density at radius 3 is 1.85 bits per heavy atom. The van der Waals surface area contributed by atoms with E-state index in [0.717, 1.165) is 23.3 Å². The maximum absolute atomic E-state index is 12.0. The molecule has 0 N–H and O–H groups in total. The van der Waals surface area contributed by atoms with Crippen molar-refractivity contribution < 1.29 is 48.6 Å². The molecule has 1 aliphatic carbocycles. The van der Waals surface area contributed by atoms with Gasteiger partial charge in [-0.15, -0.1) is 0 Å². The monoisotopic (exact) mass is 542 g/mol. The normalized spacial score (nSPS) is 14.7. The zero-order chi connectivity index (χ0) is 20.7. The summed E-state index contributed by atoms with van der Waals surface area (Å²) < 4.78 is 33.1. The van der Waals surface area contributed by atoms with Gasteiger partial charge in [-0.05, 0) is 12.5 Å². The molecule has 0 unspecified atom stereocenters. The standard InChI is InChI=1S/C17H19O3.3CO.Re/c1-5-20-16-12(3)14(13-9-7-6-8-10-13)11(2)15(16)17(18)19-4;3*1-2;/h6-10H,5H2,1-4H3;;;;. The van der Waals surface area contributed by atoms with Gasteiger partial charge in [-0.1, -0.05) is 44.2 Å². The third kappa shape index (κ3) is 7.97. The molecule has 0 amide bonds. The molecule has 0 bridgehead atoms. The van der Waals surface area contributed by atoms with Gasteiger partial charge in [-0.25, -0.2) is 0 Å². The van der Waals surface area contributed by atoms with Crippen molar-refractivity contribution >= 4 is 5.97 Å². The molecule has 1 aromatic rings. The minimum atomic E-state index is -0.351. The smallest absolute Gasteiger partial charge is 0 e. The summed E-state index contributed by atoms with van der Waals surface area (Å²) in [7, 11) is 1.39. The molecule has 0 atom stereocenters. The molecule has 142 valence electrons. The number of rotatable bonds is 4. The largest absolute Gasteiger partial charge is 0 e. The molecule has 0 aliphatic heterocycles. The van der Waals surface area contributed by atoms with Crippen molar-refractivity contribution in [2.24, 2.45) is 0 Å². The van der Waals surface area contributed by atoms with E-state index < -0.39 is 0 Å². The molecule has 0 heterocycles. The molecular weight excluding hydrogens is 522 g/mol. The van der Waals surface area contributed by atoms with E-state index in [9.17, 15) is 4.79 Å². The van der Waals surface area contributed by atoms with Crippen LogP contribution in [0.3, 0.4) is 0 Å². The Morgan fingerprint density at radius 1 is 0.963 bits per heavy atom. The first-order valence-electron chi connectivity index (χ1n) is 7.29. The van der Waals surface area contributed by atoms with Crippen LogP contribution in [0.5, 0.6) is 0 Å². The first-order valence-corrected chi connectivity index (χ1v) is 7.29. The third-order valence-electron chi connectivity index (χ3n) is 3.43. The van der Waals surface area contributed by atoms with E-state index in [1.165, 1.54) is 7.11 Å². The van der Waals surface area contributed by atoms with Crippen LogP contribution in [-0.2, 0) is 48.6 Å². The number of carbonyl (C=O) groups is 1. The zero-order valence-electron chi connectivity index (χ0n) is 15.4. The van der Waals surface area contributed by atoms with Gasteiger partial charge in [0.1, 0.15) is 12.0 Å². The van der Waals surface area contributed by atoms with Crippen molar-refractivity contribution in [1.82, 2.24) is 0 Å². The Labute approximate surface area is 174 Å². The molecule has 6 radical (unpaired) electrons. The Balaban J connectivity index is -0.000000749. The van der Waals surface area contributed by atoms with Crippen LogP contribution >= 0.6 is 0 Å². The van der Waals surface area contributed by atoms with Crippen molar-refractivity contribution in [1.29, 1.82) is 0 Å². The van der Waals surface area contributed by atoms with E-state index in [4.69, 9.17) is 23.4 Å². The van der Waals surface area contributed by atoms with Crippen molar-refractivity contribution in [3.63, 3.8) is 0 Å². The van der Waals surface area contributed by atoms with Crippen molar-refractivity contribution in [3.05, 3.63) is 85.6 Å². The van der Waals surface area contributed by atoms with Gasteiger partial charge in [-0.3, -0.25) is 4.79 Å². The van der Waals surface area contributed by atoms with Crippen LogP contribution in [0, 0.1) is 49.7 Å². The molecule has 1 aromatic carbocycles. The summed E-state index contributed by atoms with van der Waals surface area (Å²) >= 11 is 0. The minimum absolute atomic E-state index is 0. The summed E-state index contributed by atoms with van der Waals surface area (Å²) in [6, 6.07) is 10.0. The van der Waals surface area contributed by atoms with Crippen LogP contribution in [0.15, 0.2) is 30.3 Å². The average Bonchev–Trinajstić information content (AvgIpc) is 2.97. The number of esters is 1. The molecule has 0 saturated heterocycles.